The summed E-state index contributed by atoms with van der Waals surface area (Å²) in [4.78, 5) is 26.8. The molecule has 2 amide bonds. The predicted molar refractivity (Wildman–Crippen MR) is 109 cm³/mol. The lowest BCUT2D eigenvalue weighted by atomic mass is 10.00. The lowest BCUT2D eigenvalue weighted by Gasteiger charge is -2.34. The Kier molecular flexibility index (Phi) is 5.33. The summed E-state index contributed by atoms with van der Waals surface area (Å²) in [6.45, 7) is 3.25. The van der Waals surface area contributed by atoms with Gasteiger partial charge in [-0.2, -0.15) is 0 Å². The van der Waals surface area contributed by atoms with E-state index in [1.54, 1.807) is 4.90 Å². The molecule has 1 unspecified atom stereocenters. The van der Waals surface area contributed by atoms with Crippen LogP contribution in [0.3, 0.4) is 0 Å². The first kappa shape index (κ1) is 18.5. The van der Waals surface area contributed by atoms with Crippen LogP contribution in [0, 0.1) is 0 Å². The molecule has 5 heteroatoms. The number of amides is 2. The van der Waals surface area contributed by atoms with Crippen LogP contribution in [-0.2, 0) is 16.0 Å². The number of fused-ring (bicyclic) bond motifs is 1. The van der Waals surface area contributed by atoms with E-state index in [0.29, 0.717) is 13.0 Å². The lowest BCUT2D eigenvalue weighted by molar-refractivity contribution is -0.140. The van der Waals surface area contributed by atoms with Crippen molar-refractivity contribution in [1.82, 2.24) is 4.90 Å². The SMILES string of the molecule is CCC(=O)N1CCCCC1C(=O)Nc1cccc(-c2ccc3c(c2)CCO3)c1. The Hall–Kier alpha value is -2.82. The molecule has 0 radical (unpaired) electrons. The first-order valence-corrected chi connectivity index (χ1v) is 10.1. The maximum atomic E-state index is 12.9. The molecule has 2 aliphatic rings. The van der Waals surface area contributed by atoms with Crippen molar-refractivity contribution in [2.24, 2.45) is 0 Å². The topological polar surface area (TPSA) is 58.6 Å². The molecule has 0 aliphatic carbocycles. The molecule has 2 aliphatic heterocycles. The molecule has 146 valence electrons. The van der Waals surface area contributed by atoms with E-state index in [9.17, 15) is 9.59 Å². The monoisotopic (exact) mass is 378 g/mol. The minimum Gasteiger partial charge on any atom is -0.493 e. The van der Waals surface area contributed by atoms with Crippen LogP contribution in [0.1, 0.15) is 38.2 Å². The second kappa shape index (κ2) is 8.05. The predicted octanol–water partition coefficient (Wildman–Crippen LogP) is 4.02. The average molecular weight is 378 g/mol. The smallest absolute Gasteiger partial charge is 0.247 e. The van der Waals surface area contributed by atoms with Crippen LogP contribution in [0.25, 0.3) is 11.1 Å². The Bertz CT molecular complexity index is 893. The minimum atomic E-state index is -0.373. The van der Waals surface area contributed by atoms with Gasteiger partial charge in [0.25, 0.3) is 0 Å². The van der Waals surface area contributed by atoms with Crippen molar-refractivity contribution in [2.75, 3.05) is 18.5 Å². The van der Waals surface area contributed by atoms with Gasteiger partial charge in [-0.05, 0) is 60.2 Å². The number of hydrogen-bond donors (Lipinski definition) is 1. The molecule has 1 N–H and O–H groups in total. The van der Waals surface area contributed by atoms with Gasteiger partial charge >= 0.3 is 0 Å². The highest BCUT2D eigenvalue weighted by Crippen LogP contribution is 2.31. The summed E-state index contributed by atoms with van der Waals surface area (Å²) in [5, 5.41) is 3.03. The zero-order valence-corrected chi connectivity index (χ0v) is 16.2. The molecule has 1 atom stereocenters. The normalized spacial score (nSPS) is 18.3. The van der Waals surface area contributed by atoms with Crippen molar-refractivity contribution in [3.63, 3.8) is 0 Å². The molecule has 5 nitrogen and oxygen atoms in total. The third-order valence-electron chi connectivity index (χ3n) is 5.58. The number of hydrogen-bond acceptors (Lipinski definition) is 3. The van der Waals surface area contributed by atoms with Crippen molar-refractivity contribution in [2.45, 2.75) is 45.1 Å². The van der Waals surface area contributed by atoms with Crippen LogP contribution in [-0.4, -0.2) is 35.9 Å². The van der Waals surface area contributed by atoms with Gasteiger partial charge in [0.05, 0.1) is 6.61 Å². The number of likely N-dealkylation sites (tertiary alicyclic amines) is 1. The van der Waals surface area contributed by atoms with E-state index in [2.05, 4.69) is 11.4 Å². The van der Waals surface area contributed by atoms with E-state index in [1.165, 1.54) is 5.56 Å². The summed E-state index contributed by atoms with van der Waals surface area (Å²) in [5.74, 6) is 0.918. The largest absolute Gasteiger partial charge is 0.493 e. The van der Waals surface area contributed by atoms with Gasteiger partial charge in [-0.25, -0.2) is 0 Å². The Morgan fingerprint density at radius 1 is 1.14 bits per heavy atom. The van der Waals surface area contributed by atoms with Crippen molar-refractivity contribution in [1.29, 1.82) is 0 Å². The summed E-state index contributed by atoms with van der Waals surface area (Å²) < 4.78 is 5.58. The van der Waals surface area contributed by atoms with E-state index in [-0.39, 0.29) is 17.9 Å². The van der Waals surface area contributed by atoms with Gasteiger partial charge < -0.3 is 15.0 Å². The van der Waals surface area contributed by atoms with E-state index >= 15 is 0 Å². The van der Waals surface area contributed by atoms with E-state index in [4.69, 9.17) is 4.74 Å². The quantitative estimate of drug-likeness (QED) is 0.874. The fraction of sp³-hybridized carbons (Fsp3) is 0.391. The molecule has 0 saturated carbocycles. The maximum Gasteiger partial charge on any atom is 0.247 e. The molecular weight excluding hydrogens is 352 g/mol. The van der Waals surface area contributed by atoms with E-state index in [1.807, 2.05) is 43.3 Å². The van der Waals surface area contributed by atoms with Crippen LogP contribution < -0.4 is 10.1 Å². The van der Waals surface area contributed by atoms with Crippen molar-refractivity contribution < 1.29 is 14.3 Å². The van der Waals surface area contributed by atoms with Crippen molar-refractivity contribution in [3.8, 4) is 16.9 Å². The molecule has 0 aromatic heterocycles. The summed E-state index contributed by atoms with van der Waals surface area (Å²) in [6.07, 6.45) is 4.03. The summed E-state index contributed by atoms with van der Waals surface area (Å²) in [7, 11) is 0. The number of ether oxygens (including phenoxy) is 1. The minimum absolute atomic E-state index is 0.0500. The standard InChI is InChI=1S/C23H26N2O3/c1-2-22(26)25-12-4-3-8-20(25)23(27)24-19-7-5-6-16(15-19)17-9-10-21-18(14-17)11-13-28-21/h5-7,9-10,14-15,20H,2-4,8,11-13H2,1H3,(H,24,27). The molecule has 2 heterocycles. The summed E-state index contributed by atoms with van der Waals surface area (Å²) in [6, 6.07) is 13.7. The number of benzene rings is 2. The Morgan fingerprint density at radius 3 is 2.86 bits per heavy atom. The zero-order valence-electron chi connectivity index (χ0n) is 16.2. The third kappa shape index (κ3) is 3.75. The highest BCUT2D eigenvalue weighted by molar-refractivity contribution is 5.97. The highest BCUT2D eigenvalue weighted by atomic mass is 16.5. The number of nitrogens with one attached hydrogen (secondary N) is 1. The molecule has 1 saturated heterocycles. The Morgan fingerprint density at radius 2 is 2.00 bits per heavy atom. The van der Waals surface area contributed by atoms with Gasteiger partial charge in [-0.1, -0.05) is 25.1 Å². The molecule has 1 fully saturated rings. The number of piperidine rings is 1. The van der Waals surface area contributed by atoms with Gasteiger partial charge in [-0.3, -0.25) is 9.59 Å². The molecule has 28 heavy (non-hydrogen) atoms. The zero-order chi connectivity index (χ0) is 19.5. The Balaban J connectivity index is 1.51. The number of nitrogens with zero attached hydrogens (tertiary/aromatic N) is 1. The van der Waals surface area contributed by atoms with Crippen LogP contribution >= 0.6 is 0 Å². The second-order valence-corrected chi connectivity index (χ2v) is 7.44. The number of rotatable bonds is 4. The molecule has 2 aromatic carbocycles. The number of anilines is 1. The fourth-order valence-electron chi connectivity index (χ4n) is 4.07. The maximum absolute atomic E-state index is 12.9. The van der Waals surface area contributed by atoms with Crippen LogP contribution in [0.2, 0.25) is 0 Å². The molecule has 4 rings (SSSR count). The number of carbonyl (C=O) groups excluding carboxylic acids is 2. The average Bonchev–Trinajstić information content (AvgIpc) is 3.21. The van der Waals surface area contributed by atoms with Gasteiger partial charge in [0, 0.05) is 25.1 Å². The molecular formula is C23H26N2O3. The van der Waals surface area contributed by atoms with Gasteiger partial charge in [0.2, 0.25) is 11.8 Å². The molecule has 0 spiro atoms. The second-order valence-electron chi connectivity index (χ2n) is 7.44. The lowest BCUT2D eigenvalue weighted by Crippen LogP contribution is -2.49. The van der Waals surface area contributed by atoms with Crippen molar-refractivity contribution in [3.05, 3.63) is 48.0 Å². The van der Waals surface area contributed by atoms with Crippen molar-refractivity contribution >= 4 is 17.5 Å². The fourth-order valence-corrected chi connectivity index (χ4v) is 4.07. The first-order chi connectivity index (χ1) is 13.7. The molecule has 0 bridgehead atoms. The first-order valence-electron chi connectivity index (χ1n) is 10.1. The van der Waals surface area contributed by atoms with Gasteiger partial charge in [-0.15, -0.1) is 0 Å². The number of carbonyl (C=O) groups is 2. The van der Waals surface area contributed by atoms with Crippen LogP contribution in [0.4, 0.5) is 5.69 Å². The van der Waals surface area contributed by atoms with Crippen LogP contribution in [0.15, 0.2) is 42.5 Å². The summed E-state index contributed by atoms with van der Waals surface area (Å²) >= 11 is 0. The van der Waals surface area contributed by atoms with Crippen LogP contribution in [0.5, 0.6) is 5.75 Å². The highest BCUT2D eigenvalue weighted by Gasteiger charge is 2.31. The molecule has 2 aromatic rings. The van der Waals surface area contributed by atoms with E-state index in [0.717, 1.165) is 54.9 Å². The summed E-state index contributed by atoms with van der Waals surface area (Å²) in [5.41, 5.74) is 4.15. The third-order valence-corrected chi connectivity index (χ3v) is 5.58. The Labute approximate surface area is 165 Å². The van der Waals surface area contributed by atoms with Gasteiger partial charge in [0.15, 0.2) is 0 Å². The van der Waals surface area contributed by atoms with E-state index < -0.39 is 0 Å². The van der Waals surface area contributed by atoms with Gasteiger partial charge in [0.1, 0.15) is 11.8 Å².